The Kier molecular flexibility index (Phi) is 5.56. The van der Waals surface area contributed by atoms with E-state index >= 15 is 0 Å². The summed E-state index contributed by atoms with van der Waals surface area (Å²) in [6.07, 6.45) is 0. The van der Waals surface area contributed by atoms with Crippen LogP contribution < -0.4 is 15.1 Å². The van der Waals surface area contributed by atoms with Crippen molar-refractivity contribution in [2.24, 2.45) is 11.8 Å². The third kappa shape index (κ3) is 3.86. The molecule has 1 aliphatic heterocycles. The normalized spacial score (nSPS) is 25.3. The molecular formula is C23H32N3O+. The van der Waals surface area contributed by atoms with E-state index in [1.165, 1.54) is 22.5 Å². The molecule has 0 saturated carbocycles. The highest BCUT2D eigenvalue weighted by atomic mass is 16.1. The zero-order valence-electron chi connectivity index (χ0n) is 17.3. The SMILES string of the molecule is C[C@@H]1C(=O)[C@H](C)[C@H](c2ccc(N(C)C)cc2)[NH2+][C@@H]1c1ccc(N(C)C)cc1. The van der Waals surface area contributed by atoms with Crippen LogP contribution in [-0.4, -0.2) is 34.0 Å². The molecule has 144 valence electrons. The molecule has 1 saturated heterocycles. The van der Waals surface area contributed by atoms with Gasteiger partial charge in [-0.1, -0.05) is 24.3 Å². The Morgan fingerprint density at radius 2 is 1.00 bits per heavy atom. The number of piperidine rings is 1. The summed E-state index contributed by atoms with van der Waals surface area (Å²) in [4.78, 5) is 17.2. The summed E-state index contributed by atoms with van der Waals surface area (Å²) in [5.74, 6) is 0.394. The first-order valence-electron chi connectivity index (χ1n) is 9.73. The molecule has 0 radical (unpaired) electrons. The minimum Gasteiger partial charge on any atom is -0.378 e. The highest BCUT2D eigenvalue weighted by molar-refractivity contribution is 5.84. The van der Waals surface area contributed by atoms with Crippen molar-refractivity contribution < 1.29 is 10.1 Å². The molecular weight excluding hydrogens is 334 g/mol. The van der Waals surface area contributed by atoms with Gasteiger partial charge in [-0.25, -0.2) is 0 Å². The molecule has 0 bridgehead atoms. The van der Waals surface area contributed by atoms with Crippen LogP contribution >= 0.6 is 0 Å². The van der Waals surface area contributed by atoms with Gasteiger partial charge in [0.1, 0.15) is 12.1 Å². The van der Waals surface area contributed by atoms with E-state index in [1.807, 2.05) is 28.2 Å². The van der Waals surface area contributed by atoms with Crippen molar-refractivity contribution in [3.63, 3.8) is 0 Å². The number of nitrogens with zero attached hydrogens (tertiary/aromatic N) is 2. The van der Waals surface area contributed by atoms with Gasteiger partial charge < -0.3 is 15.1 Å². The summed E-state index contributed by atoms with van der Waals surface area (Å²) >= 11 is 0. The highest BCUT2D eigenvalue weighted by Gasteiger charge is 2.43. The van der Waals surface area contributed by atoms with Crippen molar-refractivity contribution in [3.8, 4) is 0 Å². The van der Waals surface area contributed by atoms with E-state index < -0.39 is 0 Å². The Labute approximate surface area is 163 Å². The zero-order valence-corrected chi connectivity index (χ0v) is 17.3. The van der Waals surface area contributed by atoms with Crippen LogP contribution in [0.15, 0.2) is 48.5 Å². The molecule has 27 heavy (non-hydrogen) atoms. The molecule has 1 heterocycles. The first kappa shape index (κ1) is 19.4. The quantitative estimate of drug-likeness (QED) is 0.904. The summed E-state index contributed by atoms with van der Waals surface area (Å²) < 4.78 is 0. The summed E-state index contributed by atoms with van der Waals surface area (Å²) in [5.41, 5.74) is 4.81. The molecule has 4 nitrogen and oxygen atoms in total. The lowest BCUT2D eigenvalue weighted by atomic mass is 9.76. The smallest absolute Gasteiger partial charge is 0.151 e. The van der Waals surface area contributed by atoms with Gasteiger partial charge in [0.15, 0.2) is 5.78 Å². The van der Waals surface area contributed by atoms with Gasteiger partial charge in [-0.2, -0.15) is 0 Å². The highest BCUT2D eigenvalue weighted by Crippen LogP contribution is 2.33. The Hall–Kier alpha value is -2.33. The monoisotopic (exact) mass is 366 g/mol. The Bertz CT molecular complexity index is 715. The van der Waals surface area contributed by atoms with Crippen molar-refractivity contribution in [1.82, 2.24) is 0 Å². The van der Waals surface area contributed by atoms with Gasteiger partial charge in [-0.3, -0.25) is 4.79 Å². The molecule has 4 atom stereocenters. The van der Waals surface area contributed by atoms with E-state index in [9.17, 15) is 4.79 Å². The maximum absolute atomic E-state index is 13.0. The van der Waals surface area contributed by atoms with Crippen molar-refractivity contribution in [2.45, 2.75) is 25.9 Å². The third-order valence-electron chi connectivity index (χ3n) is 5.98. The second kappa shape index (κ2) is 7.73. The largest absolute Gasteiger partial charge is 0.378 e. The fourth-order valence-electron chi connectivity index (χ4n) is 4.11. The Morgan fingerprint density at radius 3 is 1.30 bits per heavy atom. The summed E-state index contributed by atoms with van der Waals surface area (Å²) in [5, 5.41) is 2.39. The van der Waals surface area contributed by atoms with E-state index in [4.69, 9.17) is 0 Å². The predicted molar refractivity (Wildman–Crippen MR) is 112 cm³/mol. The number of rotatable bonds is 4. The van der Waals surface area contributed by atoms with Crippen LogP contribution in [0.1, 0.15) is 37.1 Å². The van der Waals surface area contributed by atoms with E-state index in [2.05, 4.69) is 77.5 Å². The number of hydrogen-bond donors (Lipinski definition) is 1. The summed E-state index contributed by atoms with van der Waals surface area (Å²) in [7, 11) is 8.18. The number of carbonyl (C=O) groups is 1. The molecule has 4 heteroatoms. The van der Waals surface area contributed by atoms with E-state index in [-0.39, 0.29) is 23.9 Å². The Balaban J connectivity index is 1.89. The fourth-order valence-corrected chi connectivity index (χ4v) is 4.11. The lowest BCUT2D eigenvalue weighted by Gasteiger charge is -2.36. The first-order valence-corrected chi connectivity index (χ1v) is 9.73. The number of benzene rings is 2. The van der Waals surface area contributed by atoms with Gasteiger partial charge in [-0.15, -0.1) is 0 Å². The van der Waals surface area contributed by atoms with Crippen molar-refractivity contribution in [2.75, 3.05) is 38.0 Å². The van der Waals surface area contributed by atoms with Crippen molar-refractivity contribution in [3.05, 3.63) is 59.7 Å². The molecule has 0 unspecified atom stereocenters. The fraction of sp³-hybridized carbons (Fsp3) is 0.435. The van der Waals surface area contributed by atoms with Crippen LogP contribution in [0.5, 0.6) is 0 Å². The van der Waals surface area contributed by atoms with E-state index in [0.717, 1.165) is 0 Å². The second-order valence-corrected chi connectivity index (χ2v) is 8.20. The molecule has 0 aromatic heterocycles. The van der Waals surface area contributed by atoms with Crippen LogP contribution in [0.25, 0.3) is 0 Å². The number of hydrogen-bond acceptors (Lipinski definition) is 3. The molecule has 3 rings (SSSR count). The van der Waals surface area contributed by atoms with E-state index in [0.29, 0.717) is 5.78 Å². The third-order valence-corrected chi connectivity index (χ3v) is 5.98. The van der Waals surface area contributed by atoms with Gasteiger partial charge in [0, 0.05) is 50.7 Å². The average molecular weight is 367 g/mol. The molecule has 1 fully saturated rings. The lowest BCUT2D eigenvalue weighted by molar-refractivity contribution is -0.748. The van der Waals surface area contributed by atoms with Crippen LogP contribution in [0.4, 0.5) is 11.4 Å². The van der Waals surface area contributed by atoms with Crippen molar-refractivity contribution >= 4 is 17.2 Å². The van der Waals surface area contributed by atoms with Gasteiger partial charge in [-0.05, 0) is 38.1 Å². The molecule has 2 aromatic rings. The van der Waals surface area contributed by atoms with Crippen LogP contribution in [0.3, 0.4) is 0 Å². The first-order chi connectivity index (χ1) is 12.8. The van der Waals surface area contributed by atoms with Gasteiger partial charge >= 0.3 is 0 Å². The van der Waals surface area contributed by atoms with Gasteiger partial charge in [0.05, 0.1) is 11.8 Å². The lowest BCUT2D eigenvalue weighted by Crippen LogP contribution is -2.91. The average Bonchev–Trinajstić information content (AvgIpc) is 2.66. The molecule has 0 spiro atoms. The van der Waals surface area contributed by atoms with Crippen molar-refractivity contribution in [1.29, 1.82) is 0 Å². The maximum atomic E-state index is 13.0. The molecule has 0 amide bonds. The summed E-state index contributed by atoms with van der Waals surface area (Å²) in [6.45, 7) is 4.15. The minimum absolute atomic E-state index is 0.0162. The van der Waals surface area contributed by atoms with Crippen LogP contribution in [-0.2, 0) is 4.79 Å². The number of Topliss-reactive ketones (excluding diaryl/α,β-unsaturated/α-hetero) is 1. The topological polar surface area (TPSA) is 40.2 Å². The van der Waals surface area contributed by atoms with Crippen LogP contribution in [0.2, 0.25) is 0 Å². The number of carbonyl (C=O) groups excluding carboxylic acids is 1. The second-order valence-electron chi connectivity index (χ2n) is 8.20. The Morgan fingerprint density at radius 1 is 0.667 bits per heavy atom. The molecule has 1 aliphatic rings. The standard InChI is InChI=1S/C23H31N3O/c1-15-21(17-7-11-19(12-8-17)25(3)4)24-22(16(2)23(15)27)18-9-13-20(14-10-18)26(5)6/h7-16,21-22,24H,1-6H3/p+1/t15-,16+,21-,22+. The van der Waals surface area contributed by atoms with Gasteiger partial charge in [0.25, 0.3) is 0 Å². The number of quaternary nitrogens is 1. The molecule has 2 N–H and O–H groups in total. The predicted octanol–water partition coefficient (Wildman–Crippen LogP) is 3.02. The molecule has 2 aromatic carbocycles. The number of ketones is 1. The summed E-state index contributed by atoms with van der Waals surface area (Å²) in [6, 6.07) is 17.5. The van der Waals surface area contributed by atoms with Gasteiger partial charge in [0.2, 0.25) is 0 Å². The van der Waals surface area contributed by atoms with E-state index in [1.54, 1.807) is 0 Å². The molecule has 0 aliphatic carbocycles. The minimum atomic E-state index is 0.0162. The zero-order chi connectivity index (χ0) is 19.7. The number of anilines is 2. The van der Waals surface area contributed by atoms with Crippen LogP contribution in [0, 0.1) is 11.8 Å². The number of nitrogens with two attached hydrogens (primary N) is 1. The maximum Gasteiger partial charge on any atom is 0.151 e.